The minimum atomic E-state index is 0. The first-order valence-corrected chi connectivity index (χ1v) is 20.4. The van der Waals surface area contributed by atoms with Gasteiger partial charge in [-0.25, -0.2) is 4.99 Å². The van der Waals surface area contributed by atoms with Crippen molar-refractivity contribution in [3.8, 4) is 0 Å². The fraction of sp³-hybridized carbons (Fsp3) is 0.170. The van der Waals surface area contributed by atoms with Gasteiger partial charge in [0.2, 0.25) is 0 Å². The van der Waals surface area contributed by atoms with Gasteiger partial charge < -0.3 is 15.0 Å². The maximum atomic E-state index is 5.57. The molecule has 4 nitrogen and oxygen atoms in total. The van der Waals surface area contributed by atoms with Crippen molar-refractivity contribution in [3.63, 3.8) is 0 Å². The number of aryl methyl sites for hydroxylation is 9. The number of aliphatic imine (C=N–C) groups is 1. The average molecular weight is 836 g/mol. The number of allylic oxidation sites excluding steroid dienone is 7. The van der Waals surface area contributed by atoms with Crippen molar-refractivity contribution in [1.29, 1.82) is 0 Å². The van der Waals surface area contributed by atoms with Gasteiger partial charge in [-0.2, -0.15) is 0 Å². The summed E-state index contributed by atoms with van der Waals surface area (Å²) in [6, 6.07) is 26.6. The molecule has 286 valence electrons. The zero-order valence-corrected chi connectivity index (χ0v) is 39.1. The molecule has 6 heteroatoms. The molecule has 5 heterocycles. The monoisotopic (exact) mass is 834 g/mol. The Labute approximate surface area is 365 Å². The number of hydrogen-bond acceptors (Lipinski definition) is 2. The number of H-pyrrole nitrogens is 1. The normalized spacial score (nSPS) is 17.8. The van der Waals surface area contributed by atoms with Gasteiger partial charge in [0.05, 0.1) is 11.4 Å². The van der Waals surface area contributed by atoms with Crippen LogP contribution >= 0.6 is 12.2 Å². The Morgan fingerprint density at radius 1 is 0.458 bits per heavy atom. The van der Waals surface area contributed by atoms with Crippen LogP contribution in [0.25, 0.3) is 22.3 Å². The molecular weight excluding hydrogens is 790 g/mol. The molecule has 6 aromatic rings. The van der Waals surface area contributed by atoms with Crippen molar-refractivity contribution in [2.45, 2.75) is 62.3 Å². The summed E-state index contributed by atoms with van der Waals surface area (Å²) in [6.45, 7) is 19.7. The van der Waals surface area contributed by atoms with E-state index in [-0.39, 0.29) is 19.5 Å². The van der Waals surface area contributed by atoms with E-state index in [1.807, 2.05) is 12.2 Å². The van der Waals surface area contributed by atoms with E-state index >= 15 is 0 Å². The molecule has 1 aliphatic carbocycles. The molecule has 0 spiro atoms. The van der Waals surface area contributed by atoms with Crippen LogP contribution in [0.5, 0.6) is 0 Å². The standard InChI is InChI=1S/C53H47N4S.Zn/c1-28-22-31(4)47(32(5)23-28)51-41-16-14-39(54-41)50(37-10-12-38(58)13-11-37)40-15-17-42(55-40)52(48-33(6)24-29(2)25-34(48)7)44-19-21-46(57-44)53(45-20-18-43(51)56-45)49-35(8)26-30(3)27-36(49)9;/h10-27H,1-9H3,(H2-,54,55,56,57,58);/q-1;+2/p-1/b50-39?,50-40?,51-41?,51-43+,52-42?,52-44+,53-45+,53-46?;. The number of hydrogen-bond donors (Lipinski definition) is 1. The minimum Gasteiger partial charge on any atom is -0.657 e. The van der Waals surface area contributed by atoms with Crippen molar-refractivity contribution in [3.05, 3.63) is 221 Å². The molecule has 3 aromatic carbocycles. The SMILES string of the molecule is Cc1cc(C)c(/C2=C3\C=CC(=N3)/C(c3c(C)cc(C)cc3C)=c3/cc/c([n-]3)=C(\c3c(C)cc(C)cc3C)c3ccc([nH]3)C(=C3C=CC(=S)C=C3)c3ccc2[n-]3)c(C)c1.[Zn+2]. The van der Waals surface area contributed by atoms with E-state index in [9.17, 15) is 0 Å². The predicted octanol–water partition coefficient (Wildman–Crippen LogP) is 10.2. The van der Waals surface area contributed by atoms with Gasteiger partial charge >= 0.3 is 19.5 Å². The Balaban J connectivity index is 0.00000484. The molecule has 2 aliphatic heterocycles. The van der Waals surface area contributed by atoms with E-state index in [0.717, 1.165) is 88.7 Å². The van der Waals surface area contributed by atoms with Gasteiger partial charge in [-0.3, -0.25) is 0 Å². The number of fused-ring (bicyclic) bond motifs is 7. The summed E-state index contributed by atoms with van der Waals surface area (Å²) in [5.74, 6) is 0. The third kappa shape index (κ3) is 7.13. The summed E-state index contributed by atoms with van der Waals surface area (Å²) < 4.78 is 0. The molecule has 0 saturated heterocycles. The van der Waals surface area contributed by atoms with E-state index in [4.69, 9.17) is 27.2 Å². The Kier molecular flexibility index (Phi) is 10.5. The molecule has 59 heavy (non-hydrogen) atoms. The maximum Gasteiger partial charge on any atom is 2.00 e. The summed E-state index contributed by atoms with van der Waals surface area (Å²) in [4.78, 5) is 21.3. The summed E-state index contributed by atoms with van der Waals surface area (Å²) in [6.07, 6.45) is 12.5. The van der Waals surface area contributed by atoms with E-state index in [1.165, 1.54) is 55.6 Å². The van der Waals surface area contributed by atoms with Gasteiger partial charge in [0.1, 0.15) is 0 Å². The summed E-state index contributed by atoms with van der Waals surface area (Å²) >= 11 is 5.55. The van der Waals surface area contributed by atoms with Crippen LogP contribution in [0.1, 0.15) is 89.5 Å². The number of aromatic amines is 1. The smallest absolute Gasteiger partial charge is 0.657 e. The van der Waals surface area contributed by atoms with Gasteiger partial charge in [-0.05, 0) is 177 Å². The maximum absolute atomic E-state index is 5.57. The second-order valence-electron chi connectivity index (χ2n) is 16.3. The molecule has 0 amide bonds. The van der Waals surface area contributed by atoms with Gasteiger partial charge in [0.25, 0.3) is 0 Å². The molecule has 0 fully saturated rings. The molecule has 0 radical (unpaired) electrons. The molecule has 0 unspecified atom stereocenters. The van der Waals surface area contributed by atoms with Crippen molar-refractivity contribution in [1.82, 2.24) is 15.0 Å². The fourth-order valence-electron chi connectivity index (χ4n) is 9.57. The van der Waals surface area contributed by atoms with Crippen LogP contribution in [0, 0.1) is 62.3 Å². The van der Waals surface area contributed by atoms with Gasteiger partial charge in [-0.1, -0.05) is 102 Å². The molecule has 0 atom stereocenters. The second kappa shape index (κ2) is 15.5. The first-order valence-electron chi connectivity index (χ1n) is 20.0. The van der Waals surface area contributed by atoms with Crippen LogP contribution < -0.4 is 20.7 Å². The van der Waals surface area contributed by atoms with Crippen LogP contribution in [0.2, 0.25) is 0 Å². The van der Waals surface area contributed by atoms with Gasteiger partial charge in [-0.15, -0.1) is 22.1 Å². The number of benzene rings is 3. The zero-order chi connectivity index (χ0) is 40.6. The zero-order valence-electron chi connectivity index (χ0n) is 35.3. The number of rotatable bonds is 3. The summed E-state index contributed by atoms with van der Waals surface area (Å²) in [7, 11) is 0. The summed E-state index contributed by atoms with van der Waals surface area (Å²) in [5.41, 5.74) is 25.0. The van der Waals surface area contributed by atoms with Gasteiger partial charge in [0.15, 0.2) is 0 Å². The van der Waals surface area contributed by atoms with E-state index in [0.29, 0.717) is 0 Å². The van der Waals surface area contributed by atoms with Crippen molar-refractivity contribution in [2.75, 3.05) is 0 Å². The first-order chi connectivity index (χ1) is 27.8. The number of aromatic nitrogens is 3. The average Bonchev–Trinajstić information content (AvgIpc) is 3.99. The van der Waals surface area contributed by atoms with Crippen LogP contribution in [0.3, 0.4) is 0 Å². The minimum absolute atomic E-state index is 0. The van der Waals surface area contributed by atoms with E-state index < -0.39 is 0 Å². The Morgan fingerprint density at radius 3 is 1.42 bits per heavy atom. The van der Waals surface area contributed by atoms with Crippen LogP contribution in [-0.4, -0.2) is 15.6 Å². The van der Waals surface area contributed by atoms with Crippen molar-refractivity contribution < 1.29 is 19.5 Å². The van der Waals surface area contributed by atoms with Gasteiger partial charge in [0, 0.05) is 16.3 Å². The number of nitrogens with one attached hydrogen (secondary N) is 1. The third-order valence-electron chi connectivity index (χ3n) is 11.6. The Hall–Kier alpha value is -5.68. The molecule has 3 aromatic heterocycles. The topological polar surface area (TPSA) is 56.4 Å². The third-order valence-corrected chi connectivity index (χ3v) is 11.9. The molecule has 8 bridgehead atoms. The van der Waals surface area contributed by atoms with E-state index in [2.05, 4.69) is 164 Å². The van der Waals surface area contributed by atoms with Crippen molar-refractivity contribution >= 4 is 45.1 Å². The molecule has 0 saturated carbocycles. The molecular formula is C53H46N4SZn. The fourth-order valence-corrected chi connectivity index (χ4v) is 9.71. The largest absolute Gasteiger partial charge is 2.00 e. The van der Waals surface area contributed by atoms with Crippen LogP contribution in [0.4, 0.5) is 0 Å². The van der Waals surface area contributed by atoms with E-state index in [1.54, 1.807) is 0 Å². The number of nitrogens with zero attached hydrogens (tertiary/aromatic N) is 3. The first kappa shape index (κ1) is 40.1. The summed E-state index contributed by atoms with van der Waals surface area (Å²) in [5, 5.41) is 1.80. The molecule has 1 N–H and O–H groups in total. The molecule has 3 aliphatic rings. The predicted molar refractivity (Wildman–Crippen MR) is 245 cm³/mol. The Bertz CT molecular complexity index is 3020. The van der Waals surface area contributed by atoms with Crippen molar-refractivity contribution in [2.24, 2.45) is 4.99 Å². The Morgan fingerprint density at radius 2 is 0.898 bits per heavy atom. The van der Waals surface area contributed by atoms with Crippen LogP contribution in [-0.2, 0) is 19.5 Å². The number of thiocarbonyl (C=S) groups is 1. The quantitative estimate of drug-likeness (QED) is 0.143. The molecule has 9 rings (SSSR count). The second-order valence-corrected chi connectivity index (χ2v) is 16.7. The van der Waals surface area contributed by atoms with Crippen LogP contribution in [0.15, 0.2) is 126 Å².